The van der Waals surface area contributed by atoms with Crippen LogP contribution in [0.15, 0.2) is 41.2 Å². The fraction of sp³-hybridized carbons (Fsp3) is 0.333. The molecular formula is C24H26N4O5. The molecule has 1 saturated heterocycles. The summed E-state index contributed by atoms with van der Waals surface area (Å²) in [4.78, 5) is 46.9. The Morgan fingerprint density at radius 2 is 1.88 bits per heavy atom. The molecule has 3 aromatic rings. The number of nitrogens with one attached hydrogen (secondary N) is 2. The van der Waals surface area contributed by atoms with E-state index in [1.807, 2.05) is 29.2 Å². The van der Waals surface area contributed by atoms with Crippen molar-refractivity contribution < 1.29 is 19.1 Å². The normalized spacial score (nSPS) is 13.7. The maximum absolute atomic E-state index is 12.7. The largest absolute Gasteiger partial charge is 0.465 e. The van der Waals surface area contributed by atoms with Gasteiger partial charge in [0.25, 0.3) is 5.56 Å². The van der Waals surface area contributed by atoms with Crippen LogP contribution in [-0.4, -0.2) is 55.3 Å². The first kappa shape index (κ1) is 22.5. The van der Waals surface area contributed by atoms with Gasteiger partial charge in [-0.2, -0.15) is 0 Å². The van der Waals surface area contributed by atoms with Crippen LogP contribution in [-0.2, 0) is 20.7 Å². The number of methoxy groups -OCH3 is 1. The molecule has 0 aliphatic carbocycles. The smallest absolute Gasteiger partial charge is 0.339 e. The predicted molar refractivity (Wildman–Crippen MR) is 125 cm³/mol. The number of ether oxygens (including phenoxy) is 2. The van der Waals surface area contributed by atoms with E-state index >= 15 is 0 Å². The Morgan fingerprint density at radius 3 is 2.55 bits per heavy atom. The van der Waals surface area contributed by atoms with Gasteiger partial charge in [0.05, 0.1) is 31.6 Å². The molecule has 0 atom stereocenters. The number of morpholine rings is 1. The quantitative estimate of drug-likeness (QED) is 0.555. The second-order valence-corrected chi connectivity index (χ2v) is 7.84. The zero-order valence-corrected chi connectivity index (χ0v) is 18.6. The minimum Gasteiger partial charge on any atom is -0.465 e. The Bertz CT molecular complexity index is 1250. The molecule has 2 N–H and O–H groups in total. The third-order valence-corrected chi connectivity index (χ3v) is 5.69. The first-order valence-corrected chi connectivity index (χ1v) is 10.8. The molecule has 0 radical (unpaired) electrons. The van der Waals surface area contributed by atoms with E-state index < -0.39 is 5.97 Å². The minimum absolute atomic E-state index is 0.0654. The van der Waals surface area contributed by atoms with Crippen LogP contribution in [0, 0.1) is 6.92 Å². The van der Waals surface area contributed by atoms with Crippen LogP contribution in [0.1, 0.15) is 28.0 Å². The van der Waals surface area contributed by atoms with Crippen molar-refractivity contribution in [3.63, 3.8) is 0 Å². The summed E-state index contributed by atoms with van der Waals surface area (Å²) >= 11 is 0. The van der Waals surface area contributed by atoms with Crippen molar-refractivity contribution in [2.75, 3.05) is 43.6 Å². The first-order valence-electron chi connectivity index (χ1n) is 10.8. The van der Waals surface area contributed by atoms with E-state index in [2.05, 4.69) is 15.3 Å². The molecule has 2 aromatic carbocycles. The lowest BCUT2D eigenvalue weighted by Gasteiger charge is -2.27. The van der Waals surface area contributed by atoms with Crippen LogP contribution < -0.4 is 15.8 Å². The van der Waals surface area contributed by atoms with Gasteiger partial charge in [0.2, 0.25) is 11.9 Å². The van der Waals surface area contributed by atoms with Gasteiger partial charge < -0.3 is 19.7 Å². The van der Waals surface area contributed by atoms with E-state index in [0.717, 1.165) is 10.8 Å². The predicted octanol–water partition coefficient (Wildman–Crippen LogP) is 2.43. The van der Waals surface area contributed by atoms with E-state index in [-0.39, 0.29) is 29.9 Å². The highest BCUT2D eigenvalue weighted by Gasteiger charge is 2.18. The van der Waals surface area contributed by atoms with Gasteiger partial charge in [-0.3, -0.25) is 14.6 Å². The number of aromatic amines is 1. The summed E-state index contributed by atoms with van der Waals surface area (Å²) < 4.78 is 10.2. The van der Waals surface area contributed by atoms with Crippen LogP contribution in [0.2, 0.25) is 0 Å². The molecule has 2 heterocycles. The molecule has 4 rings (SSSR count). The van der Waals surface area contributed by atoms with Crippen molar-refractivity contribution in [2.24, 2.45) is 0 Å². The Balaban J connectivity index is 1.49. The maximum Gasteiger partial charge on any atom is 0.339 e. The summed E-state index contributed by atoms with van der Waals surface area (Å²) in [7, 11) is 1.30. The molecule has 0 spiro atoms. The van der Waals surface area contributed by atoms with E-state index in [9.17, 15) is 14.4 Å². The van der Waals surface area contributed by atoms with Gasteiger partial charge in [-0.15, -0.1) is 0 Å². The molecule has 9 nitrogen and oxygen atoms in total. The maximum atomic E-state index is 12.7. The molecule has 172 valence electrons. The Morgan fingerprint density at radius 1 is 1.18 bits per heavy atom. The number of hydrogen-bond donors (Lipinski definition) is 2. The van der Waals surface area contributed by atoms with Gasteiger partial charge in [-0.1, -0.05) is 24.3 Å². The highest BCUT2D eigenvalue weighted by Crippen LogP contribution is 2.25. The van der Waals surface area contributed by atoms with Crippen molar-refractivity contribution in [2.45, 2.75) is 19.8 Å². The van der Waals surface area contributed by atoms with E-state index in [1.165, 1.54) is 7.11 Å². The van der Waals surface area contributed by atoms with Gasteiger partial charge in [-0.25, -0.2) is 9.78 Å². The first-order chi connectivity index (χ1) is 16.0. The van der Waals surface area contributed by atoms with Crippen LogP contribution in [0.25, 0.3) is 10.8 Å². The van der Waals surface area contributed by atoms with Crippen molar-refractivity contribution in [1.82, 2.24) is 9.97 Å². The van der Waals surface area contributed by atoms with E-state index in [1.54, 1.807) is 19.1 Å². The van der Waals surface area contributed by atoms with Crippen molar-refractivity contribution >= 4 is 34.3 Å². The van der Waals surface area contributed by atoms with Gasteiger partial charge in [0, 0.05) is 30.8 Å². The zero-order chi connectivity index (χ0) is 23.4. The van der Waals surface area contributed by atoms with Crippen LogP contribution in [0.5, 0.6) is 0 Å². The number of aryl methyl sites for hydroxylation is 1. The molecule has 1 fully saturated rings. The number of carbonyl (C=O) groups is 2. The van der Waals surface area contributed by atoms with Crippen LogP contribution >= 0.6 is 0 Å². The number of hydrogen-bond acceptors (Lipinski definition) is 7. The standard InChI is InChI=1S/C24H26N4O5/c1-15-18(22(30)27-24(25-15)28-9-11-33-12-10-28)7-8-21(29)26-20-14-17-6-4-3-5-16(17)13-19(20)23(31)32-2/h3-6,13-14H,7-12H2,1-2H3,(H,26,29)(H,25,27,30). The second kappa shape index (κ2) is 9.83. The number of anilines is 2. The highest BCUT2D eigenvalue weighted by molar-refractivity contribution is 6.05. The van der Waals surface area contributed by atoms with Crippen molar-refractivity contribution in [3.8, 4) is 0 Å². The third-order valence-electron chi connectivity index (χ3n) is 5.69. The molecule has 0 saturated carbocycles. The number of esters is 1. The number of rotatable bonds is 6. The summed E-state index contributed by atoms with van der Waals surface area (Å²) in [6.07, 6.45) is 0.292. The topological polar surface area (TPSA) is 114 Å². The zero-order valence-electron chi connectivity index (χ0n) is 18.6. The Labute approximate surface area is 190 Å². The highest BCUT2D eigenvalue weighted by atomic mass is 16.5. The lowest BCUT2D eigenvalue weighted by Crippen LogP contribution is -2.38. The number of amides is 1. The van der Waals surface area contributed by atoms with Gasteiger partial charge in [0.1, 0.15) is 0 Å². The number of carbonyl (C=O) groups excluding carboxylic acids is 2. The summed E-state index contributed by atoms with van der Waals surface area (Å²) in [5, 5.41) is 4.55. The summed E-state index contributed by atoms with van der Waals surface area (Å²) in [5.41, 5.74) is 1.45. The molecule has 0 unspecified atom stereocenters. The molecule has 0 bridgehead atoms. The van der Waals surface area contributed by atoms with Crippen LogP contribution in [0.4, 0.5) is 11.6 Å². The average molecular weight is 450 g/mol. The molecule has 1 aromatic heterocycles. The van der Waals surface area contributed by atoms with Crippen molar-refractivity contribution in [1.29, 1.82) is 0 Å². The van der Waals surface area contributed by atoms with Crippen molar-refractivity contribution in [3.05, 3.63) is 63.6 Å². The molecule has 9 heteroatoms. The number of fused-ring (bicyclic) bond motifs is 1. The SMILES string of the molecule is COC(=O)c1cc2ccccc2cc1NC(=O)CCc1c(C)nc(N2CCOCC2)[nH]c1=O. The van der Waals surface area contributed by atoms with E-state index in [4.69, 9.17) is 9.47 Å². The summed E-state index contributed by atoms with van der Waals surface area (Å²) in [6, 6.07) is 11.0. The molecular weight excluding hydrogens is 424 g/mol. The van der Waals surface area contributed by atoms with E-state index in [0.29, 0.717) is 49.2 Å². The Hall–Kier alpha value is -3.72. The number of aromatic nitrogens is 2. The molecule has 1 amide bonds. The fourth-order valence-corrected chi connectivity index (χ4v) is 3.89. The summed E-state index contributed by atoms with van der Waals surface area (Å²) in [6.45, 7) is 4.28. The van der Waals surface area contributed by atoms with Gasteiger partial charge >= 0.3 is 5.97 Å². The molecule has 1 aliphatic rings. The lowest BCUT2D eigenvalue weighted by atomic mass is 10.0. The second-order valence-electron chi connectivity index (χ2n) is 7.84. The monoisotopic (exact) mass is 450 g/mol. The van der Waals surface area contributed by atoms with Gasteiger partial charge in [-0.05, 0) is 36.2 Å². The summed E-state index contributed by atoms with van der Waals surface area (Å²) in [5.74, 6) is -0.328. The lowest BCUT2D eigenvalue weighted by molar-refractivity contribution is -0.116. The minimum atomic E-state index is -0.536. The third kappa shape index (κ3) is 5.04. The average Bonchev–Trinajstić information content (AvgIpc) is 2.83. The fourth-order valence-electron chi connectivity index (χ4n) is 3.89. The number of nitrogens with zero attached hydrogens (tertiary/aromatic N) is 2. The molecule has 1 aliphatic heterocycles. The molecule has 33 heavy (non-hydrogen) atoms. The Kier molecular flexibility index (Phi) is 6.69. The van der Waals surface area contributed by atoms with Crippen LogP contribution in [0.3, 0.4) is 0 Å². The number of H-pyrrole nitrogens is 1. The van der Waals surface area contributed by atoms with Gasteiger partial charge in [0.15, 0.2) is 0 Å². The number of benzene rings is 2.